The topological polar surface area (TPSA) is 110 Å². The lowest BCUT2D eigenvalue weighted by molar-refractivity contribution is -0.120. The number of hydrogen-bond donors (Lipinski definition) is 2. The molecule has 1 fully saturated rings. The number of aromatic amines is 1. The molecule has 8 rings (SSSR count). The number of rotatable bonds is 9. The van der Waals surface area contributed by atoms with Crippen LogP contribution in [-0.4, -0.2) is 41.5 Å². The van der Waals surface area contributed by atoms with E-state index in [0.717, 1.165) is 12.1 Å². The van der Waals surface area contributed by atoms with Crippen molar-refractivity contribution in [3.8, 4) is 23.0 Å². The van der Waals surface area contributed by atoms with E-state index in [1.807, 2.05) is 0 Å². The number of carbonyl (C=O) groups is 1. The van der Waals surface area contributed by atoms with E-state index < -0.39 is 77.5 Å². The summed E-state index contributed by atoms with van der Waals surface area (Å²) in [6, 6.07) is 11.4. The lowest BCUT2D eigenvalue weighted by Gasteiger charge is -2.21. The highest BCUT2D eigenvalue weighted by Crippen LogP contribution is 2.68. The molecule has 6 aromatic rings. The van der Waals surface area contributed by atoms with Gasteiger partial charge in [-0.25, -0.2) is 22.5 Å². The predicted octanol–water partition coefficient (Wildman–Crippen LogP) is 8.75. The number of nitrogens with zero attached hydrogens (tertiary/aromatic N) is 4. The number of benzene rings is 2. The quantitative estimate of drug-likeness (QED) is 0.113. The number of Topliss-reactive ketones (excluding diaryl/α,β-unsaturated/α-hetero) is 1. The normalized spacial score (nSPS) is 17.9. The maximum atomic E-state index is 15.3. The van der Waals surface area contributed by atoms with Gasteiger partial charge in [0.2, 0.25) is 0 Å². The van der Waals surface area contributed by atoms with Crippen molar-refractivity contribution in [1.29, 1.82) is 0 Å². The Hall–Kier alpha value is -5.13. The van der Waals surface area contributed by atoms with Crippen molar-refractivity contribution < 1.29 is 40.7 Å². The van der Waals surface area contributed by atoms with Crippen LogP contribution >= 0.6 is 11.6 Å². The second-order valence-electron chi connectivity index (χ2n) is 14.0. The van der Waals surface area contributed by atoms with Crippen molar-refractivity contribution in [3.05, 3.63) is 99.2 Å². The fourth-order valence-corrected chi connectivity index (χ4v) is 7.57. The maximum absolute atomic E-state index is 15.3. The van der Waals surface area contributed by atoms with Crippen LogP contribution < -0.4 is 0 Å². The molecular weight excluding hydrogens is 724 g/mol. The smallest absolute Gasteiger partial charge is 0.293 e. The minimum Gasteiger partial charge on any atom is -0.450 e. The molecule has 0 amide bonds. The Labute approximate surface area is 302 Å². The van der Waals surface area contributed by atoms with Crippen molar-refractivity contribution in [1.82, 2.24) is 25.0 Å². The molecule has 272 valence electrons. The fourth-order valence-electron chi connectivity index (χ4n) is 7.40. The first-order valence-corrected chi connectivity index (χ1v) is 17.0. The van der Waals surface area contributed by atoms with Gasteiger partial charge >= 0.3 is 0 Å². The highest BCUT2D eigenvalue weighted by atomic mass is 35.5. The molecule has 53 heavy (non-hydrogen) atoms. The number of hydrogen-bond acceptors (Lipinski definition) is 6. The van der Waals surface area contributed by atoms with Crippen LogP contribution in [0.2, 0.25) is 5.15 Å². The Kier molecular flexibility index (Phi) is 8.23. The van der Waals surface area contributed by atoms with E-state index in [2.05, 4.69) is 27.1 Å². The van der Waals surface area contributed by atoms with Gasteiger partial charge in [-0.05, 0) is 74.4 Å². The first kappa shape index (κ1) is 34.9. The van der Waals surface area contributed by atoms with Crippen molar-refractivity contribution in [2.45, 2.75) is 69.4 Å². The highest BCUT2D eigenvalue weighted by molar-refractivity contribution is 6.34. The number of halogens is 7. The number of pyridine rings is 1. The average molecular weight is 752 g/mol. The van der Waals surface area contributed by atoms with Crippen LogP contribution in [0, 0.1) is 29.4 Å². The summed E-state index contributed by atoms with van der Waals surface area (Å²) in [7, 11) is 0. The number of alkyl halides is 4. The summed E-state index contributed by atoms with van der Waals surface area (Å²) in [4.78, 5) is 18.7. The molecule has 3 atom stereocenters. The van der Waals surface area contributed by atoms with E-state index in [1.54, 1.807) is 30.3 Å². The molecular formula is C38H28ClF6N5O3. The Morgan fingerprint density at radius 3 is 2.58 bits per heavy atom. The molecule has 8 nitrogen and oxygen atoms in total. The Morgan fingerprint density at radius 2 is 1.87 bits per heavy atom. The third kappa shape index (κ3) is 6.25. The molecule has 1 saturated carbocycles. The molecule has 0 radical (unpaired) electrons. The van der Waals surface area contributed by atoms with Gasteiger partial charge in [-0.15, -0.1) is 0 Å². The molecule has 0 aliphatic heterocycles. The summed E-state index contributed by atoms with van der Waals surface area (Å²) in [5, 5.41) is 21.7. The van der Waals surface area contributed by atoms with Crippen molar-refractivity contribution in [2.24, 2.45) is 5.92 Å². The first-order chi connectivity index (χ1) is 25.1. The number of aromatic nitrogens is 5. The van der Waals surface area contributed by atoms with Crippen molar-refractivity contribution >= 4 is 39.5 Å². The van der Waals surface area contributed by atoms with E-state index in [-0.39, 0.29) is 40.5 Å². The van der Waals surface area contributed by atoms with Crippen LogP contribution in [0.1, 0.15) is 78.9 Å². The van der Waals surface area contributed by atoms with Crippen LogP contribution in [0.3, 0.4) is 0 Å². The zero-order valence-corrected chi connectivity index (χ0v) is 28.7. The molecule has 2 N–H and O–H groups in total. The number of fused-ring (bicyclic) bond motifs is 6. The van der Waals surface area contributed by atoms with E-state index in [4.69, 9.17) is 21.0 Å². The predicted molar refractivity (Wildman–Crippen MR) is 182 cm³/mol. The van der Waals surface area contributed by atoms with Crippen LogP contribution in [0.5, 0.6) is 0 Å². The molecule has 2 aromatic carbocycles. The van der Waals surface area contributed by atoms with Gasteiger partial charge in [-0.2, -0.15) is 19.0 Å². The van der Waals surface area contributed by atoms with Crippen molar-refractivity contribution in [3.63, 3.8) is 0 Å². The average Bonchev–Trinajstić information content (AvgIpc) is 3.35. The number of para-hydroxylation sites is 1. The third-order valence-electron chi connectivity index (χ3n) is 9.62. The third-order valence-corrected chi connectivity index (χ3v) is 9.88. The number of aliphatic hydroxyl groups is 1. The molecule has 0 spiro atoms. The molecule has 0 saturated heterocycles. The van der Waals surface area contributed by atoms with Gasteiger partial charge in [0.05, 0.1) is 5.69 Å². The van der Waals surface area contributed by atoms with Gasteiger partial charge in [-0.1, -0.05) is 29.7 Å². The zero-order chi connectivity index (χ0) is 37.6. The number of ketones is 1. The van der Waals surface area contributed by atoms with Gasteiger partial charge in [0.1, 0.15) is 52.0 Å². The summed E-state index contributed by atoms with van der Waals surface area (Å²) in [6.45, 7) is 2.20. The Balaban J connectivity index is 1.26. The van der Waals surface area contributed by atoms with E-state index in [1.165, 1.54) is 13.8 Å². The number of nitrogens with one attached hydrogen (secondary N) is 1. The molecule has 2 aliphatic rings. The molecule has 15 heteroatoms. The van der Waals surface area contributed by atoms with Crippen LogP contribution in [-0.2, 0) is 23.7 Å². The Morgan fingerprint density at radius 1 is 1.11 bits per heavy atom. The minimum atomic E-state index is -3.44. The zero-order valence-electron chi connectivity index (χ0n) is 28.0. The Bertz CT molecular complexity index is 2500. The van der Waals surface area contributed by atoms with E-state index >= 15 is 8.78 Å². The maximum Gasteiger partial charge on any atom is 0.293 e. The van der Waals surface area contributed by atoms with E-state index in [0.29, 0.717) is 43.9 Å². The highest BCUT2D eigenvalue weighted by Gasteiger charge is 2.67. The van der Waals surface area contributed by atoms with Gasteiger partial charge in [-0.3, -0.25) is 14.6 Å². The minimum absolute atomic E-state index is 0.0625. The summed E-state index contributed by atoms with van der Waals surface area (Å²) in [5.74, 6) is -3.18. The number of furan rings is 1. The fraction of sp³-hybridized carbons (Fsp3) is 0.316. The molecule has 0 bridgehead atoms. The lowest BCUT2D eigenvalue weighted by Crippen LogP contribution is -2.24. The number of H-pyrrole nitrogens is 1. The van der Waals surface area contributed by atoms with Crippen molar-refractivity contribution in [2.75, 3.05) is 0 Å². The molecule has 4 aromatic heterocycles. The van der Waals surface area contributed by atoms with Gasteiger partial charge in [0, 0.05) is 46.4 Å². The van der Waals surface area contributed by atoms with Crippen LogP contribution in [0.15, 0.2) is 52.9 Å². The monoisotopic (exact) mass is 751 g/mol. The van der Waals surface area contributed by atoms with Gasteiger partial charge in [0.15, 0.2) is 16.5 Å². The summed E-state index contributed by atoms with van der Waals surface area (Å²) >= 11 is 6.28. The summed E-state index contributed by atoms with van der Waals surface area (Å²) in [6.07, 6.45) is -3.65. The number of carbonyl (C=O) groups excluding carboxylic acids is 1. The largest absolute Gasteiger partial charge is 0.450 e. The summed E-state index contributed by atoms with van der Waals surface area (Å²) in [5.41, 5.74) is -0.414. The van der Waals surface area contributed by atoms with Crippen LogP contribution in [0.25, 0.3) is 33.2 Å². The standard InChI is InChI=1S/C38H28ClF6N5O3/c1-37(2,52)9-8-21-6-7-23(24-4-3-5-25-30-33(53-32(24)25)35(39)48-47-30)29(46-21)18(10-17-11-19(40)14-20(41)12-17)13-22(51)16-50-34-28(31(49-50)36(42)43)26-15-27(26)38(34,44)45/h3-7,11-12,14,18,26-27,36,52H,10,13,15-16H2,1-2H3,(H,47,48)/t18-,26+,27-/m1/s1. The molecule has 0 unspecified atom stereocenters. The molecule has 4 heterocycles. The lowest BCUT2D eigenvalue weighted by atomic mass is 9.86. The first-order valence-electron chi connectivity index (χ1n) is 16.6. The second kappa shape index (κ2) is 12.5. The van der Waals surface area contributed by atoms with Crippen LogP contribution in [0.4, 0.5) is 26.3 Å². The molecule has 2 aliphatic carbocycles. The SMILES string of the molecule is CC(C)(O)C#Cc1ccc(-c2cccc3c2oc2c(Cl)[nH]nc23)c([C@@H](CC(=O)Cn2nc(C(F)F)c3c2C(F)(F)[C@@H]2C[C@H]32)Cc2cc(F)cc(F)c2)n1. The summed E-state index contributed by atoms with van der Waals surface area (Å²) < 4.78 is 94.5. The van der Waals surface area contributed by atoms with E-state index in [9.17, 15) is 27.5 Å². The van der Waals surface area contributed by atoms with Gasteiger partial charge in [0.25, 0.3) is 12.3 Å². The van der Waals surface area contributed by atoms with Gasteiger partial charge < -0.3 is 9.52 Å². The second-order valence-corrected chi connectivity index (χ2v) is 14.4.